The summed E-state index contributed by atoms with van der Waals surface area (Å²) < 4.78 is 11.0. The normalized spacial score (nSPS) is 15.0. The van der Waals surface area contributed by atoms with E-state index in [4.69, 9.17) is 9.47 Å². The van der Waals surface area contributed by atoms with Gasteiger partial charge in [-0.3, -0.25) is 9.59 Å². The number of amides is 2. The minimum absolute atomic E-state index is 0.146. The smallest absolute Gasteiger partial charge is 0.270 e. The molecule has 1 aromatic heterocycles. The van der Waals surface area contributed by atoms with Crippen LogP contribution in [0.5, 0.6) is 5.75 Å². The first-order valence-electron chi connectivity index (χ1n) is 12.3. The van der Waals surface area contributed by atoms with Crippen LogP contribution in [0.15, 0.2) is 53.9 Å². The molecule has 2 amide bonds. The fourth-order valence-electron chi connectivity index (χ4n) is 4.40. The largest absolute Gasteiger partial charge is 0.486 e. The van der Waals surface area contributed by atoms with Gasteiger partial charge in [0, 0.05) is 32.0 Å². The highest BCUT2D eigenvalue weighted by Gasteiger charge is 2.32. The summed E-state index contributed by atoms with van der Waals surface area (Å²) >= 11 is 1.39. The van der Waals surface area contributed by atoms with E-state index in [-0.39, 0.29) is 24.5 Å². The molecule has 1 atom stereocenters. The lowest BCUT2D eigenvalue weighted by Gasteiger charge is -2.38. The third-order valence-electron chi connectivity index (χ3n) is 6.10. The van der Waals surface area contributed by atoms with Crippen molar-refractivity contribution in [3.63, 3.8) is 0 Å². The van der Waals surface area contributed by atoms with E-state index >= 15 is 0 Å². The quantitative estimate of drug-likeness (QED) is 0.405. The standard InChI is InChI=1S/C28H33N3O4S/c1-19(2)15-26(32)31-13-11-20-9-10-22(16-23(20)27(31)21-7-5-4-6-8-21)35-17-25-30-24(18-36-25)28(33)29-12-14-34-3/h4-10,16,18-19,27H,11-15,17H2,1-3H3,(H,29,33)/t27-/m0/s1. The van der Waals surface area contributed by atoms with Crippen molar-refractivity contribution in [1.82, 2.24) is 15.2 Å². The highest BCUT2D eigenvalue weighted by atomic mass is 32.1. The van der Waals surface area contributed by atoms with Crippen LogP contribution in [-0.2, 0) is 22.6 Å². The van der Waals surface area contributed by atoms with Crippen LogP contribution in [0.4, 0.5) is 0 Å². The lowest BCUT2D eigenvalue weighted by atomic mass is 9.87. The second kappa shape index (κ2) is 12.1. The summed E-state index contributed by atoms with van der Waals surface area (Å²) in [5.41, 5.74) is 3.80. The SMILES string of the molecule is COCCNC(=O)c1csc(COc2ccc3c(c2)[C@H](c2ccccc2)N(C(=O)CC(C)C)CC3)n1. The summed E-state index contributed by atoms with van der Waals surface area (Å²) in [4.78, 5) is 31.8. The van der Waals surface area contributed by atoms with E-state index in [1.807, 2.05) is 35.2 Å². The molecule has 1 aliphatic heterocycles. The number of nitrogens with zero attached hydrogens (tertiary/aromatic N) is 2. The first-order valence-corrected chi connectivity index (χ1v) is 13.2. The van der Waals surface area contributed by atoms with Crippen molar-refractivity contribution in [3.05, 3.63) is 81.3 Å². The summed E-state index contributed by atoms with van der Waals surface area (Å²) in [7, 11) is 1.59. The van der Waals surface area contributed by atoms with Crippen molar-refractivity contribution in [2.45, 2.75) is 39.3 Å². The van der Waals surface area contributed by atoms with Gasteiger partial charge in [0.05, 0.1) is 12.6 Å². The average Bonchev–Trinajstić information content (AvgIpc) is 3.36. The maximum absolute atomic E-state index is 13.2. The molecule has 4 rings (SSSR count). The Morgan fingerprint density at radius 2 is 2.00 bits per heavy atom. The fourth-order valence-corrected chi connectivity index (χ4v) is 5.08. The Kier molecular flexibility index (Phi) is 8.72. The lowest BCUT2D eigenvalue weighted by molar-refractivity contribution is -0.134. The van der Waals surface area contributed by atoms with E-state index in [1.165, 1.54) is 16.9 Å². The Morgan fingerprint density at radius 3 is 2.75 bits per heavy atom. The van der Waals surface area contributed by atoms with Gasteiger partial charge in [0.15, 0.2) is 0 Å². The van der Waals surface area contributed by atoms with Crippen molar-refractivity contribution in [2.24, 2.45) is 5.92 Å². The first kappa shape index (κ1) is 25.9. The third kappa shape index (κ3) is 6.30. The minimum Gasteiger partial charge on any atom is -0.486 e. The van der Waals surface area contributed by atoms with Crippen LogP contribution in [0.1, 0.15) is 58.5 Å². The Bertz CT molecular complexity index is 1180. The zero-order valence-electron chi connectivity index (χ0n) is 21.0. The van der Waals surface area contributed by atoms with Crippen LogP contribution >= 0.6 is 11.3 Å². The summed E-state index contributed by atoms with van der Waals surface area (Å²) in [5.74, 6) is 0.972. The molecular formula is C28H33N3O4S. The molecule has 1 aliphatic rings. The van der Waals surface area contributed by atoms with Crippen molar-refractivity contribution in [3.8, 4) is 5.75 Å². The van der Waals surface area contributed by atoms with Crippen LogP contribution in [0.25, 0.3) is 0 Å². The van der Waals surface area contributed by atoms with Gasteiger partial charge in [-0.15, -0.1) is 11.3 Å². The number of carbonyl (C=O) groups excluding carboxylic acids is 2. The number of benzene rings is 2. The zero-order valence-corrected chi connectivity index (χ0v) is 21.8. The Morgan fingerprint density at radius 1 is 1.19 bits per heavy atom. The van der Waals surface area contributed by atoms with Gasteiger partial charge >= 0.3 is 0 Å². The van der Waals surface area contributed by atoms with Crippen LogP contribution < -0.4 is 10.1 Å². The molecule has 2 aromatic carbocycles. The number of hydrogen-bond donors (Lipinski definition) is 1. The number of rotatable bonds is 10. The van der Waals surface area contributed by atoms with Crippen molar-refractivity contribution in [1.29, 1.82) is 0 Å². The molecule has 0 saturated carbocycles. The summed E-state index contributed by atoms with van der Waals surface area (Å²) in [6.45, 7) is 6.01. The molecule has 0 radical (unpaired) electrons. The second-order valence-electron chi connectivity index (χ2n) is 9.27. The number of ether oxygens (including phenoxy) is 2. The Labute approximate surface area is 216 Å². The maximum atomic E-state index is 13.2. The molecule has 8 heteroatoms. The van der Waals surface area contributed by atoms with Gasteiger partial charge < -0.3 is 19.7 Å². The number of carbonyl (C=O) groups is 2. The third-order valence-corrected chi connectivity index (χ3v) is 6.92. The van der Waals surface area contributed by atoms with Crippen LogP contribution in [-0.4, -0.2) is 48.5 Å². The average molecular weight is 508 g/mol. The minimum atomic E-state index is -0.222. The maximum Gasteiger partial charge on any atom is 0.270 e. The summed E-state index contributed by atoms with van der Waals surface area (Å²) in [5, 5.41) is 5.23. The number of thiazole rings is 1. The molecule has 0 saturated heterocycles. The van der Waals surface area contributed by atoms with E-state index in [9.17, 15) is 9.59 Å². The van der Waals surface area contributed by atoms with Gasteiger partial charge in [0.25, 0.3) is 5.91 Å². The van der Waals surface area contributed by atoms with E-state index < -0.39 is 0 Å². The summed E-state index contributed by atoms with van der Waals surface area (Å²) in [6.07, 6.45) is 1.34. The van der Waals surface area contributed by atoms with Gasteiger partial charge in [-0.25, -0.2) is 4.98 Å². The predicted octanol–water partition coefficient (Wildman–Crippen LogP) is 4.62. The number of fused-ring (bicyclic) bond motifs is 1. The van der Waals surface area contributed by atoms with Crippen molar-refractivity contribution < 1.29 is 19.1 Å². The molecular weight excluding hydrogens is 474 g/mol. The number of nitrogens with one attached hydrogen (secondary N) is 1. The van der Waals surface area contributed by atoms with E-state index in [0.717, 1.165) is 22.6 Å². The second-order valence-corrected chi connectivity index (χ2v) is 10.2. The summed E-state index contributed by atoms with van der Waals surface area (Å²) in [6, 6.07) is 16.2. The number of methoxy groups -OCH3 is 1. The highest BCUT2D eigenvalue weighted by Crippen LogP contribution is 2.38. The van der Waals surface area contributed by atoms with Gasteiger partial charge in [0.2, 0.25) is 5.91 Å². The zero-order chi connectivity index (χ0) is 25.5. The molecule has 0 unspecified atom stereocenters. The highest BCUT2D eigenvalue weighted by molar-refractivity contribution is 7.09. The van der Waals surface area contributed by atoms with Crippen LogP contribution in [0.2, 0.25) is 0 Å². The Balaban J connectivity index is 1.52. The molecule has 0 aliphatic carbocycles. The predicted molar refractivity (Wildman–Crippen MR) is 140 cm³/mol. The molecule has 7 nitrogen and oxygen atoms in total. The Hall–Kier alpha value is -3.23. The molecule has 2 heterocycles. The van der Waals surface area contributed by atoms with E-state index in [0.29, 0.717) is 43.5 Å². The van der Waals surface area contributed by atoms with Gasteiger partial charge in [-0.2, -0.15) is 0 Å². The van der Waals surface area contributed by atoms with Crippen molar-refractivity contribution >= 4 is 23.2 Å². The lowest BCUT2D eigenvalue weighted by Crippen LogP contribution is -2.41. The van der Waals surface area contributed by atoms with Gasteiger partial charge in [0.1, 0.15) is 23.1 Å². The molecule has 190 valence electrons. The van der Waals surface area contributed by atoms with Gasteiger partial charge in [-0.1, -0.05) is 50.2 Å². The van der Waals surface area contributed by atoms with E-state index in [2.05, 4.69) is 42.3 Å². The molecule has 36 heavy (non-hydrogen) atoms. The number of aromatic nitrogens is 1. The first-order chi connectivity index (χ1) is 17.5. The molecule has 0 spiro atoms. The number of hydrogen-bond acceptors (Lipinski definition) is 6. The van der Waals surface area contributed by atoms with Gasteiger partial charge in [-0.05, 0) is 41.2 Å². The van der Waals surface area contributed by atoms with E-state index in [1.54, 1.807) is 12.5 Å². The monoisotopic (exact) mass is 507 g/mol. The van der Waals surface area contributed by atoms with Crippen molar-refractivity contribution in [2.75, 3.05) is 26.8 Å². The van der Waals surface area contributed by atoms with Crippen LogP contribution in [0.3, 0.4) is 0 Å². The molecule has 1 N–H and O–H groups in total. The molecule has 3 aromatic rings. The topological polar surface area (TPSA) is 80.8 Å². The van der Waals surface area contributed by atoms with Crippen LogP contribution in [0, 0.1) is 5.92 Å². The fraction of sp³-hybridized carbons (Fsp3) is 0.393. The molecule has 0 fully saturated rings. The molecule has 0 bridgehead atoms.